The van der Waals surface area contributed by atoms with E-state index in [9.17, 15) is 10.0 Å². The summed E-state index contributed by atoms with van der Waals surface area (Å²) in [5.74, 6) is 0.702. The fraction of sp³-hybridized carbons (Fsp3) is 0.235. The lowest BCUT2D eigenvalue weighted by molar-refractivity contribution is 0.281. The van der Waals surface area contributed by atoms with Crippen LogP contribution in [0, 0.1) is 4.91 Å². The molecule has 0 bridgehead atoms. The maximum absolute atomic E-state index is 11.3. The summed E-state index contributed by atoms with van der Waals surface area (Å²) in [4.78, 5) is 15.8. The molecule has 1 N–H and O–H groups in total. The lowest BCUT2D eigenvalue weighted by Crippen LogP contribution is -1.89. The van der Waals surface area contributed by atoms with Crippen molar-refractivity contribution < 1.29 is 5.11 Å². The number of aliphatic hydroxyl groups excluding tert-OH is 1. The zero-order valence-corrected chi connectivity index (χ0v) is 12.5. The number of rotatable bonds is 4. The molecule has 0 spiro atoms. The lowest BCUT2D eigenvalue weighted by Gasteiger charge is -2.05. The van der Waals surface area contributed by atoms with E-state index in [1.54, 1.807) is 22.7 Å². The first-order valence-electron chi connectivity index (χ1n) is 7.19. The Morgan fingerprint density at radius 1 is 1.18 bits per heavy atom. The van der Waals surface area contributed by atoms with E-state index in [0.29, 0.717) is 22.8 Å². The highest BCUT2D eigenvalue weighted by molar-refractivity contribution is 5.74. The first-order chi connectivity index (χ1) is 10.6. The number of nitroso groups, excluding NO2 is 1. The highest BCUT2D eigenvalue weighted by Crippen LogP contribution is 2.31. The summed E-state index contributed by atoms with van der Waals surface area (Å²) in [6.45, 7) is 4.17. The van der Waals surface area contributed by atoms with Gasteiger partial charge in [-0.05, 0) is 28.3 Å². The van der Waals surface area contributed by atoms with E-state index in [0.717, 1.165) is 5.56 Å². The van der Waals surface area contributed by atoms with Crippen molar-refractivity contribution in [1.29, 1.82) is 0 Å². The predicted octanol–water partition coefficient (Wildman–Crippen LogP) is 4.01. The quantitative estimate of drug-likeness (QED) is 0.739. The average Bonchev–Trinajstić information content (AvgIpc) is 2.92. The van der Waals surface area contributed by atoms with Gasteiger partial charge in [0.05, 0.1) is 6.61 Å². The standard InChI is InChI=1S/C17H17N3O2/c1-11(2)13-4-6-14(7-5-13)16-17(19-22)20-9-12(10-21)3-8-15(20)18-16/h3-9,11,21H,10H2,1-2H3. The van der Waals surface area contributed by atoms with E-state index in [-0.39, 0.29) is 12.4 Å². The molecule has 0 aliphatic carbocycles. The minimum Gasteiger partial charge on any atom is -0.392 e. The van der Waals surface area contributed by atoms with Crippen molar-refractivity contribution >= 4 is 11.5 Å². The summed E-state index contributed by atoms with van der Waals surface area (Å²) in [6.07, 6.45) is 1.69. The molecule has 5 heteroatoms. The summed E-state index contributed by atoms with van der Waals surface area (Å²) in [5.41, 5.74) is 3.98. The minimum atomic E-state index is -0.0924. The van der Waals surface area contributed by atoms with Crippen LogP contribution in [0.1, 0.15) is 30.9 Å². The SMILES string of the molecule is CC(C)c1ccc(-c2nc3ccc(CO)cn3c2N=O)cc1. The maximum atomic E-state index is 11.3. The van der Waals surface area contributed by atoms with Gasteiger partial charge in [-0.25, -0.2) is 4.98 Å². The number of pyridine rings is 1. The average molecular weight is 295 g/mol. The monoisotopic (exact) mass is 295 g/mol. The Balaban J connectivity index is 2.15. The van der Waals surface area contributed by atoms with Crippen LogP contribution in [0.5, 0.6) is 0 Å². The lowest BCUT2D eigenvalue weighted by atomic mass is 10.0. The van der Waals surface area contributed by atoms with Gasteiger partial charge < -0.3 is 5.11 Å². The zero-order valence-electron chi connectivity index (χ0n) is 12.5. The molecule has 0 unspecified atom stereocenters. The molecule has 0 aliphatic rings. The number of aliphatic hydroxyl groups is 1. The van der Waals surface area contributed by atoms with Crippen LogP contribution in [-0.4, -0.2) is 14.5 Å². The molecule has 22 heavy (non-hydrogen) atoms. The number of imidazole rings is 1. The maximum Gasteiger partial charge on any atom is 0.209 e. The molecule has 1 aromatic carbocycles. The Kier molecular flexibility index (Phi) is 3.73. The smallest absolute Gasteiger partial charge is 0.209 e. The summed E-state index contributed by atoms with van der Waals surface area (Å²) < 4.78 is 1.62. The Bertz CT molecular complexity index is 820. The van der Waals surface area contributed by atoms with Crippen LogP contribution < -0.4 is 0 Å². The number of benzene rings is 1. The molecule has 5 nitrogen and oxygen atoms in total. The second-order valence-corrected chi connectivity index (χ2v) is 5.58. The molecule has 2 heterocycles. The van der Waals surface area contributed by atoms with Gasteiger partial charge >= 0.3 is 0 Å². The van der Waals surface area contributed by atoms with Crippen LogP contribution in [0.15, 0.2) is 47.8 Å². The Labute approximate surface area is 128 Å². The number of nitrogens with zero attached hydrogens (tertiary/aromatic N) is 3. The fourth-order valence-corrected chi connectivity index (χ4v) is 2.48. The molecule has 0 aliphatic heterocycles. The molecule has 0 saturated carbocycles. The van der Waals surface area contributed by atoms with E-state index in [1.165, 1.54) is 5.56 Å². The van der Waals surface area contributed by atoms with Gasteiger partial charge in [0.25, 0.3) is 0 Å². The van der Waals surface area contributed by atoms with E-state index in [4.69, 9.17) is 0 Å². The van der Waals surface area contributed by atoms with Crippen molar-refractivity contribution in [2.24, 2.45) is 5.18 Å². The third kappa shape index (κ3) is 2.40. The topological polar surface area (TPSA) is 67.0 Å². The highest BCUT2D eigenvalue weighted by atomic mass is 16.3. The molecular weight excluding hydrogens is 278 g/mol. The van der Waals surface area contributed by atoms with Crippen LogP contribution in [0.25, 0.3) is 16.9 Å². The van der Waals surface area contributed by atoms with Crippen molar-refractivity contribution in [3.8, 4) is 11.3 Å². The summed E-state index contributed by atoms with van der Waals surface area (Å²) >= 11 is 0. The van der Waals surface area contributed by atoms with Gasteiger partial charge in [0.2, 0.25) is 5.82 Å². The number of aromatic nitrogens is 2. The Hall–Kier alpha value is -2.53. The van der Waals surface area contributed by atoms with Crippen molar-refractivity contribution in [2.45, 2.75) is 26.4 Å². The van der Waals surface area contributed by atoms with Crippen LogP contribution in [0.4, 0.5) is 5.82 Å². The van der Waals surface area contributed by atoms with Gasteiger partial charge in [0.15, 0.2) is 0 Å². The molecule has 0 atom stereocenters. The predicted molar refractivity (Wildman–Crippen MR) is 86.1 cm³/mol. The van der Waals surface area contributed by atoms with Gasteiger partial charge in [-0.2, -0.15) is 0 Å². The van der Waals surface area contributed by atoms with Gasteiger partial charge in [0.1, 0.15) is 11.3 Å². The van der Waals surface area contributed by atoms with Gasteiger partial charge in [0, 0.05) is 11.8 Å². The van der Waals surface area contributed by atoms with Crippen molar-refractivity contribution in [3.05, 3.63) is 58.6 Å². The van der Waals surface area contributed by atoms with Crippen LogP contribution in [-0.2, 0) is 6.61 Å². The van der Waals surface area contributed by atoms with E-state index in [2.05, 4.69) is 24.0 Å². The van der Waals surface area contributed by atoms with Crippen LogP contribution in [0.2, 0.25) is 0 Å². The third-order valence-corrected chi connectivity index (χ3v) is 3.77. The van der Waals surface area contributed by atoms with Crippen LogP contribution >= 0.6 is 0 Å². The van der Waals surface area contributed by atoms with Crippen molar-refractivity contribution in [1.82, 2.24) is 9.38 Å². The zero-order chi connectivity index (χ0) is 15.7. The second kappa shape index (κ2) is 5.69. The third-order valence-electron chi connectivity index (χ3n) is 3.77. The Morgan fingerprint density at radius 3 is 2.50 bits per heavy atom. The normalized spacial score (nSPS) is 11.3. The first-order valence-corrected chi connectivity index (χ1v) is 7.19. The molecule has 112 valence electrons. The summed E-state index contributed by atoms with van der Waals surface area (Å²) in [6, 6.07) is 11.5. The second-order valence-electron chi connectivity index (χ2n) is 5.58. The molecule has 0 radical (unpaired) electrons. The summed E-state index contributed by atoms with van der Waals surface area (Å²) in [5, 5.41) is 12.4. The first kappa shape index (κ1) is 14.4. The van der Waals surface area contributed by atoms with Gasteiger partial charge in [-0.15, -0.1) is 4.91 Å². The van der Waals surface area contributed by atoms with Crippen molar-refractivity contribution in [2.75, 3.05) is 0 Å². The van der Waals surface area contributed by atoms with E-state index in [1.807, 2.05) is 24.3 Å². The van der Waals surface area contributed by atoms with Gasteiger partial charge in [-0.1, -0.05) is 44.2 Å². The molecule has 2 aromatic heterocycles. The molecule has 3 aromatic rings. The van der Waals surface area contributed by atoms with Crippen LogP contribution in [0.3, 0.4) is 0 Å². The minimum absolute atomic E-state index is 0.0924. The van der Waals surface area contributed by atoms with Crippen molar-refractivity contribution in [3.63, 3.8) is 0 Å². The number of hydrogen-bond acceptors (Lipinski definition) is 4. The summed E-state index contributed by atoms with van der Waals surface area (Å²) in [7, 11) is 0. The molecule has 0 saturated heterocycles. The van der Waals surface area contributed by atoms with E-state index >= 15 is 0 Å². The molecule has 0 fully saturated rings. The fourth-order valence-electron chi connectivity index (χ4n) is 2.48. The molecule has 3 rings (SSSR count). The number of fused-ring (bicyclic) bond motifs is 1. The highest BCUT2D eigenvalue weighted by Gasteiger charge is 2.15. The molecular formula is C17H17N3O2. The van der Waals surface area contributed by atoms with Gasteiger partial charge in [-0.3, -0.25) is 4.40 Å². The number of hydrogen-bond donors (Lipinski definition) is 1. The largest absolute Gasteiger partial charge is 0.392 e. The molecule has 0 amide bonds. The Morgan fingerprint density at radius 2 is 1.91 bits per heavy atom. The van der Waals surface area contributed by atoms with E-state index < -0.39 is 0 Å².